The number of sulfonamides is 1. The summed E-state index contributed by atoms with van der Waals surface area (Å²) in [5, 5.41) is 9.83. The van der Waals surface area contributed by atoms with Crippen LogP contribution in [0.1, 0.15) is 25.3 Å². The molecule has 2 heterocycles. The van der Waals surface area contributed by atoms with Gasteiger partial charge in [0.25, 0.3) is 10.0 Å². The molecule has 8 heteroatoms. The molecule has 0 bridgehead atoms. The zero-order valence-electron chi connectivity index (χ0n) is 15.8. The van der Waals surface area contributed by atoms with Crippen molar-refractivity contribution in [1.82, 2.24) is 14.5 Å². The monoisotopic (exact) mass is 405 g/mol. The van der Waals surface area contributed by atoms with Gasteiger partial charge in [-0.15, -0.1) is 0 Å². The molecule has 29 heavy (non-hydrogen) atoms. The van der Waals surface area contributed by atoms with Crippen molar-refractivity contribution in [2.45, 2.75) is 31.2 Å². The van der Waals surface area contributed by atoms with E-state index in [9.17, 15) is 13.7 Å². The van der Waals surface area contributed by atoms with Crippen LogP contribution in [0.25, 0.3) is 22.2 Å². The number of nitrogens with zero attached hydrogens (tertiary/aromatic N) is 4. The molecule has 0 spiro atoms. The number of anilines is 1. The average Bonchev–Trinajstić information content (AvgIpc) is 3.01. The molecule has 0 saturated heterocycles. The molecule has 1 N–H and O–H groups in total. The maximum atomic E-state index is 12.9. The first-order chi connectivity index (χ1) is 14.0. The lowest BCUT2D eigenvalue weighted by Crippen LogP contribution is -2.17. The van der Waals surface area contributed by atoms with Crippen molar-refractivity contribution in [2.75, 3.05) is 4.72 Å². The Morgan fingerprint density at radius 2 is 1.69 bits per heavy atom. The summed E-state index contributed by atoms with van der Waals surface area (Å²) in [6.45, 7) is 2.57. The highest BCUT2D eigenvalue weighted by Gasteiger charge is 2.25. The number of rotatable bonds is 6. The van der Waals surface area contributed by atoms with Gasteiger partial charge in [-0.2, -0.15) is 5.26 Å². The van der Waals surface area contributed by atoms with Crippen LogP contribution in [-0.4, -0.2) is 23.0 Å². The minimum absolute atomic E-state index is 0.127. The molecule has 4 aromatic rings. The Balaban J connectivity index is 1.96. The maximum absolute atomic E-state index is 12.9. The predicted molar refractivity (Wildman–Crippen MR) is 112 cm³/mol. The van der Waals surface area contributed by atoms with Crippen LogP contribution in [0.3, 0.4) is 0 Å². The first kappa shape index (κ1) is 18.9. The first-order valence-corrected chi connectivity index (χ1v) is 10.8. The topological polar surface area (TPSA) is 101 Å². The van der Waals surface area contributed by atoms with Crippen molar-refractivity contribution in [3.8, 4) is 6.07 Å². The molecule has 0 radical (unpaired) electrons. The van der Waals surface area contributed by atoms with E-state index in [1.807, 2.05) is 31.2 Å². The van der Waals surface area contributed by atoms with Crippen LogP contribution in [0.4, 0.5) is 5.82 Å². The molecule has 0 aliphatic heterocycles. The highest BCUT2D eigenvalue weighted by atomic mass is 32.2. The Hall–Kier alpha value is -3.44. The molecule has 4 rings (SSSR count). The molecule has 0 aliphatic carbocycles. The van der Waals surface area contributed by atoms with Gasteiger partial charge in [-0.1, -0.05) is 43.7 Å². The Morgan fingerprint density at radius 3 is 2.34 bits per heavy atom. The number of aromatic nitrogens is 3. The second kappa shape index (κ2) is 7.53. The van der Waals surface area contributed by atoms with E-state index < -0.39 is 10.0 Å². The van der Waals surface area contributed by atoms with Crippen LogP contribution in [0.15, 0.2) is 59.5 Å². The molecule has 0 unspecified atom stereocenters. The number of unbranched alkanes of at least 4 members (excludes halogenated alkanes) is 1. The number of hydrogen-bond donors (Lipinski definition) is 1. The van der Waals surface area contributed by atoms with Crippen LogP contribution in [-0.2, 0) is 16.6 Å². The van der Waals surface area contributed by atoms with E-state index in [4.69, 9.17) is 0 Å². The smallest absolute Gasteiger partial charge is 0.263 e. The van der Waals surface area contributed by atoms with Crippen LogP contribution < -0.4 is 4.72 Å². The van der Waals surface area contributed by atoms with E-state index in [2.05, 4.69) is 20.8 Å². The summed E-state index contributed by atoms with van der Waals surface area (Å²) in [7, 11) is -3.87. The lowest BCUT2D eigenvalue weighted by Gasteiger charge is -2.12. The van der Waals surface area contributed by atoms with Gasteiger partial charge in [0.05, 0.1) is 15.9 Å². The molecule has 7 nitrogen and oxygen atoms in total. The highest BCUT2D eigenvalue weighted by molar-refractivity contribution is 7.92. The molecule has 0 aliphatic rings. The van der Waals surface area contributed by atoms with Gasteiger partial charge in [-0.25, -0.2) is 18.4 Å². The fourth-order valence-electron chi connectivity index (χ4n) is 3.23. The van der Waals surface area contributed by atoms with Crippen molar-refractivity contribution in [1.29, 1.82) is 5.26 Å². The van der Waals surface area contributed by atoms with E-state index in [0.717, 1.165) is 12.8 Å². The zero-order valence-corrected chi connectivity index (χ0v) is 16.6. The lowest BCUT2D eigenvalue weighted by molar-refractivity contribution is 0.599. The van der Waals surface area contributed by atoms with Crippen molar-refractivity contribution >= 4 is 38.0 Å². The van der Waals surface area contributed by atoms with Gasteiger partial charge in [-0.3, -0.25) is 4.72 Å². The van der Waals surface area contributed by atoms with Crippen LogP contribution in [0.2, 0.25) is 0 Å². The fourth-order valence-corrected chi connectivity index (χ4v) is 4.33. The van der Waals surface area contributed by atoms with Gasteiger partial charge in [0.1, 0.15) is 23.0 Å². The second-order valence-corrected chi connectivity index (χ2v) is 8.33. The third-order valence-electron chi connectivity index (χ3n) is 4.68. The van der Waals surface area contributed by atoms with E-state index in [1.54, 1.807) is 22.8 Å². The summed E-state index contributed by atoms with van der Waals surface area (Å²) in [5.74, 6) is 0.204. The number of para-hydroxylation sites is 2. The van der Waals surface area contributed by atoms with Crippen molar-refractivity contribution in [2.24, 2.45) is 0 Å². The van der Waals surface area contributed by atoms with Gasteiger partial charge < -0.3 is 4.57 Å². The second-order valence-electron chi connectivity index (χ2n) is 6.64. The van der Waals surface area contributed by atoms with E-state index in [0.29, 0.717) is 28.7 Å². The molecule has 146 valence electrons. The summed E-state index contributed by atoms with van der Waals surface area (Å²) < 4.78 is 30.2. The van der Waals surface area contributed by atoms with Gasteiger partial charge in [0.15, 0.2) is 5.65 Å². The maximum Gasteiger partial charge on any atom is 0.263 e. The molecule has 2 aromatic carbocycles. The minimum atomic E-state index is -3.87. The van der Waals surface area contributed by atoms with Gasteiger partial charge in [0, 0.05) is 6.54 Å². The van der Waals surface area contributed by atoms with Crippen molar-refractivity contribution in [3.05, 3.63) is 60.2 Å². The molecule has 2 aromatic heterocycles. The van der Waals surface area contributed by atoms with Crippen molar-refractivity contribution in [3.63, 3.8) is 0 Å². The fraction of sp³-hybridized carbons (Fsp3) is 0.190. The number of fused-ring (bicyclic) bond motifs is 2. The number of benzene rings is 2. The number of nitriles is 1. The molecule has 0 fully saturated rings. The first-order valence-electron chi connectivity index (χ1n) is 9.32. The molecule has 0 amide bonds. The zero-order chi connectivity index (χ0) is 20.4. The predicted octanol–water partition coefficient (Wildman–Crippen LogP) is 4.06. The van der Waals surface area contributed by atoms with E-state index in [1.165, 1.54) is 12.1 Å². The van der Waals surface area contributed by atoms with Gasteiger partial charge in [-0.05, 0) is 30.7 Å². The summed E-state index contributed by atoms with van der Waals surface area (Å²) >= 11 is 0. The van der Waals surface area contributed by atoms with E-state index >= 15 is 0 Å². The van der Waals surface area contributed by atoms with Crippen molar-refractivity contribution < 1.29 is 8.42 Å². The lowest BCUT2D eigenvalue weighted by atomic mass is 10.2. The summed E-state index contributed by atoms with van der Waals surface area (Å²) in [4.78, 5) is 9.40. The SMILES string of the molecule is CCCCn1c(NS(=O)(=O)c2ccccc2)c(C#N)c2nc3ccccc3nc21. The minimum Gasteiger partial charge on any atom is -0.309 e. The Kier molecular flexibility index (Phi) is 4.91. The number of aryl methyl sites for hydroxylation is 1. The number of hydrogen-bond acceptors (Lipinski definition) is 5. The Bertz CT molecular complexity index is 1340. The highest BCUT2D eigenvalue weighted by Crippen LogP contribution is 2.31. The molecular weight excluding hydrogens is 386 g/mol. The van der Waals surface area contributed by atoms with Crippen LogP contribution in [0, 0.1) is 11.3 Å². The molecule has 0 atom stereocenters. The average molecular weight is 405 g/mol. The van der Waals surface area contributed by atoms with Gasteiger partial charge >= 0.3 is 0 Å². The normalized spacial score (nSPS) is 11.6. The summed E-state index contributed by atoms with van der Waals surface area (Å²) in [6.07, 6.45) is 1.72. The summed E-state index contributed by atoms with van der Waals surface area (Å²) in [5.41, 5.74) is 2.42. The third kappa shape index (κ3) is 3.41. The standard InChI is InChI=1S/C21H19N5O2S/c1-2-3-13-26-20(25-29(27,28)15-9-5-4-6-10-15)16(14-22)19-21(26)24-18-12-8-7-11-17(18)23-19/h4-12,25H,2-3,13H2,1H3. The largest absolute Gasteiger partial charge is 0.309 e. The molecule has 0 saturated carbocycles. The Labute approximate surface area is 168 Å². The quantitative estimate of drug-likeness (QED) is 0.521. The van der Waals surface area contributed by atoms with Crippen LogP contribution >= 0.6 is 0 Å². The van der Waals surface area contributed by atoms with Gasteiger partial charge in [0.2, 0.25) is 0 Å². The third-order valence-corrected chi connectivity index (χ3v) is 6.04. The van der Waals surface area contributed by atoms with Crippen LogP contribution in [0.5, 0.6) is 0 Å². The summed E-state index contributed by atoms with van der Waals surface area (Å²) in [6, 6.07) is 17.6. The van der Waals surface area contributed by atoms with E-state index in [-0.39, 0.29) is 16.3 Å². The molecular formula is C21H19N5O2S. The Morgan fingerprint density at radius 1 is 1.03 bits per heavy atom. The number of nitrogens with one attached hydrogen (secondary N) is 1.